The maximum Gasteiger partial charge on any atom is 0.256 e. The second-order valence-corrected chi connectivity index (χ2v) is 9.06. The van der Waals surface area contributed by atoms with E-state index < -0.39 is 10.0 Å². The van der Waals surface area contributed by atoms with Crippen molar-refractivity contribution < 1.29 is 22.7 Å². The fourth-order valence-corrected chi connectivity index (χ4v) is 4.34. The first-order valence-electron chi connectivity index (χ1n) is 9.83. The van der Waals surface area contributed by atoms with E-state index in [9.17, 15) is 18.0 Å². The van der Waals surface area contributed by atoms with Gasteiger partial charge in [0.25, 0.3) is 5.91 Å². The first-order valence-corrected chi connectivity index (χ1v) is 11.4. The lowest BCUT2D eigenvalue weighted by atomic mass is 10.0. The number of sulfonamides is 1. The van der Waals surface area contributed by atoms with Crippen LogP contribution in [0.5, 0.6) is 5.75 Å². The average molecular weight is 455 g/mol. The Morgan fingerprint density at radius 2 is 2.00 bits per heavy atom. The third-order valence-corrected chi connectivity index (χ3v) is 6.25. The average Bonchev–Trinajstić information content (AvgIpc) is 3.23. The van der Waals surface area contributed by atoms with Gasteiger partial charge in [0.05, 0.1) is 12.0 Å². The number of aromatic nitrogens is 1. The van der Waals surface area contributed by atoms with Crippen molar-refractivity contribution in [2.24, 2.45) is 10.9 Å². The summed E-state index contributed by atoms with van der Waals surface area (Å²) in [5.74, 6) is -0.0562. The molecule has 2 aromatic carbocycles. The zero-order valence-electron chi connectivity index (χ0n) is 17.3. The van der Waals surface area contributed by atoms with Crippen LogP contribution < -0.4 is 20.9 Å². The number of amides is 2. The van der Waals surface area contributed by atoms with E-state index in [2.05, 4.69) is 5.32 Å². The van der Waals surface area contributed by atoms with E-state index in [4.69, 9.17) is 15.6 Å². The minimum atomic E-state index is -3.92. The van der Waals surface area contributed by atoms with Crippen LogP contribution in [0.2, 0.25) is 0 Å². The lowest BCUT2D eigenvalue weighted by molar-refractivity contribution is -0.118. The standard InChI is InChI=1S/C22H22N4O5S/c1-31-14-4-7-20-16(10-14)13(12-26(20)8-2-3-21(23)27)9-18-17-11-15(32(24,29)30)5-6-19(17)25-22(18)28/h4-7,9-12H,2-3,8H2,1H3,(H2,23,27)(H,25,28)(H2,24,29,30)/b18-9+. The Balaban J connectivity index is 1.83. The summed E-state index contributed by atoms with van der Waals surface area (Å²) in [5.41, 5.74) is 8.19. The minimum Gasteiger partial charge on any atom is -0.497 e. The molecule has 2 amide bonds. The van der Waals surface area contributed by atoms with Gasteiger partial charge in [0.1, 0.15) is 5.75 Å². The molecular weight excluding hydrogens is 432 g/mol. The van der Waals surface area contributed by atoms with Gasteiger partial charge in [0.15, 0.2) is 0 Å². The Bertz CT molecular complexity index is 1390. The SMILES string of the molecule is COc1ccc2c(c1)c(/C=C1/C(=O)Nc3ccc(S(N)(=O)=O)cc31)cn2CCCC(N)=O. The number of benzene rings is 2. The fraction of sp³-hybridized carbons (Fsp3) is 0.182. The number of primary amides is 1. The number of nitrogens with zero attached hydrogens (tertiary/aromatic N) is 1. The number of fused-ring (bicyclic) bond motifs is 2. The highest BCUT2D eigenvalue weighted by atomic mass is 32.2. The van der Waals surface area contributed by atoms with Crippen molar-refractivity contribution >= 4 is 50.1 Å². The number of carbonyl (C=O) groups excluding carboxylic acids is 2. The summed E-state index contributed by atoms with van der Waals surface area (Å²) in [6.07, 6.45) is 4.42. The molecule has 0 fully saturated rings. The van der Waals surface area contributed by atoms with Gasteiger partial charge in [-0.3, -0.25) is 9.59 Å². The Hall–Kier alpha value is -3.63. The van der Waals surface area contributed by atoms with Crippen LogP contribution in [-0.4, -0.2) is 31.9 Å². The van der Waals surface area contributed by atoms with Crippen LogP contribution in [0, 0.1) is 0 Å². The maximum absolute atomic E-state index is 12.7. The molecule has 0 bridgehead atoms. The first kappa shape index (κ1) is 21.6. The van der Waals surface area contributed by atoms with Crippen molar-refractivity contribution in [1.29, 1.82) is 0 Å². The third-order valence-electron chi connectivity index (χ3n) is 5.34. The summed E-state index contributed by atoms with van der Waals surface area (Å²) < 4.78 is 30.9. The van der Waals surface area contributed by atoms with E-state index in [-0.39, 0.29) is 23.1 Å². The van der Waals surface area contributed by atoms with Crippen LogP contribution in [-0.2, 0) is 26.2 Å². The summed E-state index contributed by atoms with van der Waals surface area (Å²) in [5, 5.41) is 8.85. The van der Waals surface area contributed by atoms with E-state index in [0.29, 0.717) is 35.5 Å². The summed E-state index contributed by atoms with van der Waals surface area (Å²) in [6, 6.07) is 9.86. The predicted molar refractivity (Wildman–Crippen MR) is 121 cm³/mol. The molecule has 0 saturated carbocycles. The number of carbonyl (C=O) groups is 2. The van der Waals surface area contributed by atoms with Gasteiger partial charge in [-0.1, -0.05) is 0 Å². The van der Waals surface area contributed by atoms with Gasteiger partial charge >= 0.3 is 0 Å². The normalized spacial score (nSPS) is 14.6. The van der Waals surface area contributed by atoms with Gasteiger partial charge < -0.3 is 20.4 Å². The molecule has 2 heterocycles. The first-order chi connectivity index (χ1) is 15.2. The molecule has 0 radical (unpaired) electrons. The highest BCUT2D eigenvalue weighted by Gasteiger charge is 2.26. The van der Waals surface area contributed by atoms with E-state index in [1.807, 2.05) is 29.0 Å². The monoisotopic (exact) mass is 454 g/mol. The molecule has 9 nitrogen and oxygen atoms in total. The van der Waals surface area contributed by atoms with E-state index in [0.717, 1.165) is 16.5 Å². The molecule has 0 saturated heterocycles. The summed E-state index contributed by atoms with van der Waals surface area (Å²) in [6.45, 7) is 0.563. The van der Waals surface area contributed by atoms with E-state index >= 15 is 0 Å². The van der Waals surface area contributed by atoms with Crippen molar-refractivity contribution in [2.75, 3.05) is 12.4 Å². The van der Waals surface area contributed by atoms with Crippen molar-refractivity contribution in [3.8, 4) is 5.75 Å². The molecule has 1 aliphatic rings. The Morgan fingerprint density at radius 3 is 2.69 bits per heavy atom. The minimum absolute atomic E-state index is 0.0748. The van der Waals surface area contributed by atoms with Gasteiger partial charge in [-0.25, -0.2) is 13.6 Å². The number of methoxy groups -OCH3 is 1. The molecule has 0 spiro atoms. The molecule has 1 aromatic heterocycles. The fourth-order valence-electron chi connectivity index (χ4n) is 3.80. The van der Waals surface area contributed by atoms with E-state index in [1.54, 1.807) is 13.2 Å². The molecule has 0 atom stereocenters. The van der Waals surface area contributed by atoms with Gasteiger partial charge in [-0.05, 0) is 48.9 Å². The van der Waals surface area contributed by atoms with Crippen LogP contribution in [0.15, 0.2) is 47.5 Å². The molecule has 4 rings (SSSR count). The smallest absolute Gasteiger partial charge is 0.256 e. The molecule has 5 N–H and O–H groups in total. The number of hydrogen-bond donors (Lipinski definition) is 3. The van der Waals surface area contributed by atoms with Gasteiger partial charge in [-0.15, -0.1) is 0 Å². The van der Waals surface area contributed by atoms with Crippen LogP contribution >= 0.6 is 0 Å². The van der Waals surface area contributed by atoms with Crippen molar-refractivity contribution in [3.05, 3.63) is 53.7 Å². The quantitative estimate of drug-likeness (QED) is 0.468. The number of ether oxygens (including phenoxy) is 1. The zero-order chi connectivity index (χ0) is 23.0. The largest absolute Gasteiger partial charge is 0.497 e. The summed E-state index contributed by atoms with van der Waals surface area (Å²) >= 11 is 0. The van der Waals surface area contributed by atoms with Crippen LogP contribution in [0.25, 0.3) is 22.6 Å². The zero-order valence-corrected chi connectivity index (χ0v) is 18.1. The Kier molecular flexibility index (Phi) is 5.49. The topological polar surface area (TPSA) is 147 Å². The second-order valence-electron chi connectivity index (χ2n) is 7.50. The Morgan fingerprint density at radius 1 is 1.22 bits per heavy atom. The van der Waals surface area contributed by atoms with Crippen LogP contribution in [0.3, 0.4) is 0 Å². The number of primary sulfonamides is 1. The molecule has 3 aromatic rings. The van der Waals surface area contributed by atoms with Gasteiger partial charge in [0.2, 0.25) is 15.9 Å². The molecule has 0 unspecified atom stereocenters. The second kappa shape index (κ2) is 8.13. The van der Waals surface area contributed by atoms with Crippen molar-refractivity contribution in [1.82, 2.24) is 4.57 Å². The lowest BCUT2D eigenvalue weighted by Gasteiger charge is -2.05. The number of aryl methyl sites for hydroxylation is 1. The van der Waals surface area contributed by atoms with Gasteiger partial charge in [-0.2, -0.15) is 0 Å². The summed E-state index contributed by atoms with van der Waals surface area (Å²) in [4.78, 5) is 23.7. The highest BCUT2D eigenvalue weighted by Crippen LogP contribution is 2.36. The molecule has 166 valence electrons. The number of rotatable bonds is 7. The molecular formula is C22H22N4O5S. The molecule has 0 aliphatic carbocycles. The predicted octanol–water partition coefficient (Wildman–Crippen LogP) is 2.06. The van der Waals surface area contributed by atoms with Gasteiger partial charge in [0, 0.05) is 52.5 Å². The van der Waals surface area contributed by atoms with Crippen molar-refractivity contribution in [3.63, 3.8) is 0 Å². The van der Waals surface area contributed by atoms with Crippen molar-refractivity contribution in [2.45, 2.75) is 24.3 Å². The summed E-state index contributed by atoms with van der Waals surface area (Å²) in [7, 11) is -2.35. The van der Waals surface area contributed by atoms with E-state index in [1.165, 1.54) is 18.2 Å². The number of hydrogen-bond acceptors (Lipinski definition) is 5. The number of nitrogens with one attached hydrogen (secondary N) is 1. The Labute approximate surface area is 184 Å². The molecule has 1 aliphatic heterocycles. The lowest BCUT2D eigenvalue weighted by Crippen LogP contribution is -2.12. The molecule has 10 heteroatoms. The number of anilines is 1. The molecule has 32 heavy (non-hydrogen) atoms. The van der Waals surface area contributed by atoms with Crippen LogP contribution in [0.4, 0.5) is 5.69 Å². The highest BCUT2D eigenvalue weighted by molar-refractivity contribution is 7.89. The number of nitrogens with two attached hydrogens (primary N) is 2. The third kappa shape index (κ3) is 4.10. The van der Waals surface area contributed by atoms with Crippen LogP contribution in [0.1, 0.15) is 24.0 Å². The maximum atomic E-state index is 12.7.